The minimum Gasteiger partial charge on any atom is -0.382 e. The smallest absolute Gasteiger partial charge is 0.229 e. The van der Waals surface area contributed by atoms with E-state index in [9.17, 15) is 0 Å². The fourth-order valence-electron chi connectivity index (χ4n) is 2.19. The lowest BCUT2D eigenvalue weighted by molar-refractivity contribution is 0.0696. The molecule has 0 radical (unpaired) electrons. The van der Waals surface area contributed by atoms with Gasteiger partial charge in [0.05, 0.1) is 31.8 Å². The molecule has 0 spiro atoms. The van der Waals surface area contributed by atoms with Gasteiger partial charge in [0.1, 0.15) is 0 Å². The van der Waals surface area contributed by atoms with Crippen molar-refractivity contribution in [2.24, 2.45) is 5.73 Å². The van der Waals surface area contributed by atoms with Gasteiger partial charge in [0, 0.05) is 7.11 Å². The molecule has 110 valence electrons. The van der Waals surface area contributed by atoms with E-state index >= 15 is 0 Å². The third-order valence-electron chi connectivity index (χ3n) is 3.30. The SMILES string of the molecule is COCCOCCc1nc(C2(N)CCCC2)no1.Cl. The second-order valence-electron chi connectivity index (χ2n) is 4.73. The molecule has 19 heavy (non-hydrogen) atoms. The van der Waals surface area contributed by atoms with Crippen molar-refractivity contribution in [3.8, 4) is 0 Å². The predicted molar refractivity (Wildman–Crippen MR) is 72.3 cm³/mol. The summed E-state index contributed by atoms with van der Waals surface area (Å²) in [6.45, 7) is 1.74. The van der Waals surface area contributed by atoms with E-state index in [0.29, 0.717) is 38.0 Å². The van der Waals surface area contributed by atoms with Crippen LogP contribution in [0.25, 0.3) is 0 Å². The number of nitrogens with two attached hydrogens (primary N) is 1. The van der Waals surface area contributed by atoms with E-state index in [-0.39, 0.29) is 17.9 Å². The van der Waals surface area contributed by atoms with Crippen LogP contribution in [0.15, 0.2) is 4.52 Å². The molecule has 2 rings (SSSR count). The van der Waals surface area contributed by atoms with E-state index in [4.69, 9.17) is 19.7 Å². The summed E-state index contributed by atoms with van der Waals surface area (Å²) in [5, 5.41) is 3.99. The summed E-state index contributed by atoms with van der Waals surface area (Å²) in [4.78, 5) is 4.37. The van der Waals surface area contributed by atoms with Crippen molar-refractivity contribution in [3.63, 3.8) is 0 Å². The lowest BCUT2D eigenvalue weighted by Gasteiger charge is -2.17. The average molecular weight is 292 g/mol. The monoisotopic (exact) mass is 291 g/mol. The van der Waals surface area contributed by atoms with Crippen LogP contribution in [0.1, 0.15) is 37.4 Å². The Balaban J connectivity index is 0.00000180. The summed E-state index contributed by atoms with van der Waals surface area (Å²) in [6, 6.07) is 0. The Morgan fingerprint density at radius 2 is 2.00 bits per heavy atom. The van der Waals surface area contributed by atoms with Gasteiger partial charge >= 0.3 is 0 Å². The Labute approximate surface area is 119 Å². The number of nitrogens with zero attached hydrogens (tertiary/aromatic N) is 2. The van der Waals surface area contributed by atoms with Gasteiger partial charge < -0.3 is 19.7 Å². The molecule has 0 bridgehead atoms. The molecule has 0 aromatic carbocycles. The third kappa shape index (κ3) is 4.42. The molecule has 0 aliphatic heterocycles. The molecule has 1 fully saturated rings. The average Bonchev–Trinajstić information content (AvgIpc) is 2.99. The maximum Gasteiger partial charge on any atom is 0.229 e. The van der Waals surface area contributed by atoms with Crippen LogP contribution >= 0.6 is 12.4 Å². The van der Waals surface area contributed by atoms with E-state index in [1.807, 2.05) is 0 Å². The van der Waals surface area contributed by atoms with Crippen LogP contribution in [0.4, 0.5) is 0 Å². The van der Waals surface area contributed by atoms with Crippen molar-refractivity contribution in [1.82, 2.24) is 10.1 Å². The second kappa shape index (κ2) is 7.79. The number of rotatable bonds is 7. The molecular formula is C12H22ClN3O3. The number of halogens is 1. The number of methoxy groups -OCH3 is 1. The molecule has 2 N–H and O–H groups in total. The third-order valence-corrected chi connectivity index (χ3v) is 3.30. The van der Waals surface area contributed by atoms with E-state index in [1.54, 1.807) is 7.11 Å². The van der Waals surface area contributed by atoms with Gasteiger partial charge in [-0.05, 0) is 12.8 Å². The van der Waals surface area contributed by atoms with Crippen molar-refractivity contribution in [2.45, 2.75) is 37.6 Å². The lowest BCUT2D eigenvalue weighted by Crippen LogP contribution is -2.34. The lowest BCUT2D eigenvalue weighted by atomic mass is 9.99. The zero-order chi connectivity index (χ0) is 12.8. The number of aromatic nitrogens is 2. The van der Waals surface area contributed by atoms with E-state index in [2.05, 4.69) is 10.1 Å². The Kier molecular flexibility index (Phi) is 6.71. The maximum absolute atomic E-state index is 6.26. The second-order valence-corrected chi connectivity index (χ2v) is 4.73. The minimum atomic E-state index is -0.376. The van der Waals surface area contributed by atoms with Gasteiger partial charge in [-0.25, -0.2) is 0 Å². The Morgan fingerprint density at radius 3 is 2.68 bits per heavy atom. The van der Waals surface area contributed by atoms with E-state index in [0.717, 1.165) is 25.7 Å². The first kappa shape index (κ1) is 16.4. The van der Waals surface area contributed by atoms with Gasteiger partial charge in [-0.15, -0.1) is 12.4 Å². The summed E-state index contributed by atoms with van der Waals surface area (Å²) in [5.41, 5.74) is 5.88. The summed E-state index contributed by atoms with van der Waals surface area (Å²) < 4.78 is 15.4. The molecule has 1 aromatic rings. The standard InChI is InChI=1S/C12H21N3O3.ClH/c1-16-8-9-17-7-4-10-14-11(15-18-10)12(13)5-2-3-6-12;/h2-9,13H2,1H3;1H. The number of hydrogen-bond donors (Lipinski definition) is 1. The zero-order valence-corrected chi connectivity index (χ0v) is 12.1. The topological polar surface area (TPSA) is 83.4 Å². The molecule has 1 aromatic heterocycles. The summed E-state index contributed by atoms with van der Waals surface area (Å²) in [7, 11) is 1.65. The van der Waals surface area contributed by atoms with Crippen LogP contribution in [-0.4, -0.2) is 37.1 Å². The van der Waals surface area contributed by atoms with Gasteiger partial charge in [-0.1, -0.05) is 18.0 Å². The largest absolute Gasteiger partial charge is 0.382 e. The summed E-state index contributed by atoms with van der Waals surface area (Å²) in [5.74, 6) is 1.24. The molecule has 6 nitrogen and oxygen atoms in total. The van der Waals surface area contributed by atoms with Crippen LogP contribution in [0, 0.1) is 0 Å². The highest BCUT2D eigenvalue weighted by molar-refractivity contribution is 5.85. The molecule has 0 amide bonds. The molecule has 0 unspecified atom stereocenters. The van der Waals surface area contributed by atoms with Gasteiger partial charge in [-0.2, -0.15) is 4.98 Å². The van der Waals surface area contributed by atoms with Gasteiger partial charge in [-0.3, -0.25) is 0 Å². The first-order chi connectivity index (χ1) is 8.74. The van der Waals surface area contributed by atoms with Crippen molar-refractivity contribution in [3.05, 3.63) is 11.7 Å². The highest BCUT2D eigenvalue weighted by Crippen LogP contribution is 2.34. The Bertz CT molecular complexity index is 367. The van der Waals surface area contributed by atoms with Crippen molar-refractivity contribution >= 4 is 12.4 Å². The molecule has 1 aliphatic rings. The minimum absolute atomic E-state index is 0. The fourth-order valence-corrected chi connectivity index (χ4v) is 2.19. The molecule has 1 heterocycles. The van der Waals surface area contributed by atoms with Crippen LogP contribution < -0.4 is 5.73 Å². The summed E-state index contributed by atoms with van der Waals surface area (Å²) in [6.07, 6.45) is 4.78. The van der Waals surface area contributed by atoms with Gasteiger partial charge in [0.2, 0.25) is 5.89 Å². The van der Waals surface area contributed by atoms with Crippen LogP contribution in [-0.2, 0) is 21.4 Å². The van der Waals surface area contributed by atoms with Crippen LogP contribution in [0.3, 0.4) is 0 Å². The van der Waals surface area contributed by atoms with Crippen molar-refractivity contribution < 1.29 is 14.0 Å². The summed E-state index contributed by atoms with van der Waals surface area (Å²) >= 11 is 0. The number of hydrogen-bond acceptors (Lipinski definition) is 6. The van der Waals surface area contributed by atoms with Crippen LogP contribution in [0.2, 0.25) is 0 Å². The van der Waals surface area contributed by atoms with Crippen LogP contribution in [0.5, 0.6) is 0 Å². The molecule has 7 heteroatoms. The molecular weight excluding hydrogens is 270 g/mol. The quantitative estimate of drug-likeness (QED) is 0.765. The van der Waals surface area contributed by atoms with Crippen molar-refractivity contribution in [2.75, 3.05) is 26.9 Å². The van der Waals surface area contributed by atoms with Gasteiger partial charge in [0.25, 0.3) is 0 Å². The fraction of sp³-hybridized carbons (Fsp3) is 0.833. The highest BCUT2D eigenvalue weighted by Gasteiger charge is 2.35. The molecule has 0 atom stereocenters. The first-order valence-electron chi connectivity index (χ1n) is 6.43. The normalized spacial score (nSPS) is 17.4. The Morgan fingerprint density at radius 1 is 1.26 bits per heavy atom. The molecule has 1 aliphatic carbocycles. The number of ether oxygens (including phenoxy) is 2. The predicted octanol–water partition coefficient (Wildman–Crippen LogP) is 1.42. The van der Waals surface area contributed by atoms with Crippen molar-refractivity contribution in [1.29, 1.82) is 0 Å². The Hall–Kier alpha value is -0.690. The zero-order valence-electron chi connectivity index (χ0n) is 11.3. The maximum atomic E-state index is 6.26. The highest BCUT2D eigenvalue weighted by atomic mass is 35.5. The van der Waals surface area contributed by atoms with E-state index < -0.39 is 0 Å². The molecule has 1 saturated carbocycles. The van der Waals surface area contributed by atoms with E-state index in [1.165, 1.54) is 0 Å². The molecule has 0 saturated heterocycles. The van der Waals surface area contributed by atoms with Gasteiger partial charge in [0.15, 0.2) is 5.82 Å². The first-order valence-corrected chi connectivity index (χ1v) is 6.43.